The fourth-order valence-electron chi connectivity index (χ4n) is 2.80. The van der Waals surface area contributed by atoms with E-state index in [-0.39, 0.29) is 23.5 Å². The molecule has 0 aromatic heterocycles. The molecule has 132 valence electrons. The molecular weight excluding hydrogens is 348 g/mol. The zero-order valence-corrected chi connectivity index (χ0v) is 14.1. The van der Waals surface area contributed by atoms with Gasteiger partial charge < -0.3 is 9.84 Å². The van der Waals surface area contributed by atoms with Crippen LogP contribution in [0.15, 0.2) is 47.4 Å². The second-order valence-corrected chi connectivity index (χ2v) is 7.42. The zero-order valence-electron chi connectivity index (χ0n) is 13.3. The summed E-state index contributed by atoms with van der Waals surface area (Å²) >= 11 is 0. The van der Waals surface area contributed by atoms with Gasteiger partial charge in [0.2, 0.25) is 0 Å². The highest BCUT2D eigenvalue weighted by Crippen LogP contribution is 2.39. The van der Waals surface area contributed by atoms with E-state index in [4.69, 9.17) is 4.74 Å². The lowest BCUT2D eigenvalue weighted by Gasteiger charge is -2.33. The van der Waals surface area contributed by atoms with E-state index in [2.05, 4.69) is 0 Å². The van der Waals surface area contributed by atoms with Gasteiger partial charge in [-0.3, -0.25) is 14.4 Å². The summed E-state index contributed by atoms with van der Waals surface area (Å²) in [6, 6.07) is 9.67. The van der Waals surface area contributed by atoms with Crippen molar-refractivity contribution in [3.8, 4) is 5.75 Å². The second kappa shape index (κ2) is 6.34. The molecule has 0 saturated heterocycles. The van der Waals surface area contributed by atoms with Crippen LogP contribution in [0.2, 0.25) is 0 Å². The van der Waals surface area contributed by atoms with Gasteiger partial charge in [-0.05, 0) is 30.7 Å². The molecule has 9 heteroatoms. The Hall–Kier alpha value is -2.65. The molecule has 0 amide bonds. The van der Waals surface area contributed by atoms with Crippen LogP contribution in [0.1, 0.15) is 18.1 Å². The SMILES string of the molecule is COc1ccc2c(c1)C(O)CCN2S(=O)(=O)c1cccc([N+](=O)[O-])c1. The van der Waals surface area contributed by atoms with Crippen molar-refractivity contribution in [3.05, 3.63) is 58.1 Å². The van der Waals surface area contributed by atoms with Crippen molar-refractivity contribution in [1.82, 2.24) is 0 Å². The number of benzene rings is 2. The number of fused-ring (bicyclic) bond motifs is 1. The third kappa shape index (κ3) is 3.03. The van der Waals surface area contributed by atoms with Crippen molar-refractivity contribution in [3.63, 3.8) is 0 Å². The molecule has 0 saturated carbocycles. The second-order valence-electron chi connectivity index (χ2n) is 5.56. The minimum Gasteiger partial charge on any atom is -0.497 e. The van der Waals surface area contributed by atoms with Crippen molar-refractivity contribution in [2.75, 3.05) is 18.0 Å². The lowest BCUT2D eigenvalue weighted by molar-refractivity contribution is -0.385. The van der Waals surface area contributed by atoms with Crippen molar-refractivity contribution in [1.29, 1.82) is 0 Å². The van der Waals surface area contributed by atoms with Crippen LogP contribution in [0.4, 0.5) is 11.4 Å². The van der Waals surface area contributed by atoms with Crippen molar-refractivity contribution in [2.45, 2.75) is 17.4 Å². The van der Waals surface area contributed by atoms with Gasteiger partial charge in [0.15, 0.2) is 0 Å². The maximum absolute atomic E-state index is 13.0. The van der Waals surface area contributed by atoms with E-state index in [1.165, 1.54) is 25.3 Å². The molecule has 1 atom stereocenters. The van der Waals surface area contributed by atoms with E-state index in [0.29, 0.717) is 17.0 Å². The lowest BCUT2D eigenvalue weighted by Crippen LogP contribution is -2.36. The standard InChI is InChI=1S/C16H16N2O6S/c1-24-12-5-6-15-14(10-12)16(19)7-8-17(15)25(22,23)13-4-2-3-11(9-13)18(20)21/h2-6,9-10,16,19H,7-8H2,1H3. The summed E-state index contributed by atoms with van der Waals surface area (Å²) in [6.45, 7) is 0.0749. The smallest absolute Gasteiger partial charge is 0.270 e. The normalized spacial score (nSPS) is 17.0. The largest absolute Gasteiger partial charge is 0.497 e. The summed E-state index contributed by atoms with van der Waals surface area (Å²) < 4.78 is 32.2. The Morgan fingerprint density at radius 1 is 1.28 bits per heavy atom. The fourth-order valence-corrected chi connectivity index (χ4v) is 4.35. The highest BCUT2D eigenvalue weighted by molar-refractivity contribution is 7.92. The predicted octanol–water partition coefficient (Wildman–Crippen LogP) is 2.24. The number of rotatable bonds is 4. The average molecular weight is 364 g/mol. The van der Waals surface area contributed by atoms with E-state index in [1.54, 1.807) is 18.2 Å². The first-order valence-corrected chi connectivity index (χ1v) is 8.92. The van der Waals surface area contributed by atoms with Crippen LogP contribution in [-0.2, 0) is 10.0 Å². The number of hydrogen-bond acceptors (Lipinski definition) is 6. The third-order valence-electron chi connectivity index (χ3n) is 4.08. The molecule has 8 nitrogen and oxygen atoms in total. The average Bonchev–Trinajstić information content (AvgIpc) is 2.61. The number of ether oxygens (including phenoxy) is 1. The summed E-state index contributed by atoms with van der Waals surface area (Å²) in [6.07, 6.45) is -0.587. The van der Waals surface area contributed by atoms with Crippen LogP contribution < -0.4 is 9.04 Å². The van der Waals surface area contributed by atoms with Crippen LogP contribution in [0.5, 0.6) is 5.75 Å². The van der Waals surface area contributed by atoms with Crippen molar-refractivity contribution < 1.29 is 23.2 Å². The molecule has 2 aromatic carbocycles. The van der Waals surface area contributed by atoms with E-state index in [0.717, 1.165) is 10.4 Å². The van der Waals surface area contributed by atoms with E-state index >= 15 is 0 Å². The predicted molar refractivity (Wildman–Crippen MR) is 90.2 cm³/mol. The van der Waals surface area contributed by atoms with Crippen LogP contribution in [0, 0.1) is 10.1 Å². The van der Waals surface area contributed by atoms with Gasteiger partial charge in [0, 0.05) is 24.2 Å². The van der Waals surface area contributed by atoms with Gasteiger partial charge in [0.05, 0.1) is 28.7 Å². The van der Waals surface area contributed by atoms with Crippen LogP contribution in [0.3, 0.4) is 0 Å². The van der Waals surface area contributed by atoms with Gasteiger partial charge >= 0.3 is 0 Å². The number of non-ortho nitro benzene ring substituents is 1. The van der Waals surface area contributed by atoms with Gasteiger partial charge in [0.25, 0.3) is 15.7 Å². The first-order valence-electron chi connectivity index (χ1n) is 7.48. The molecule has 1 N–H and O–H groups in total. The van der Waals surface area contributed by atoms with Crippen LogP contribution in [0.25, 0.3) is 0 Å². The van der Waals surface area contributed by atoms with E-state index < -0.39 is 21.1 Å². The summed E-state index contributed by atoms with van der Waals surface area (Å²) in [5.41, 5.74) is 0.485. The van der Waals surface area contributed by atoms with Crippen molar-refractivity contribution in [2.24, 2.45) is 0 Å². The number of aliphatic hydroxyl groups excluding tert-OH is 1. The molecule has 0 spiro atoms. The number of hydrogen-bond donors (Lipinski definition) is 1. The number of nitrogens with zero attached hydrogens (tertiary/aromatic N) is 2. The highest BCUT2D eigenvalue weighted by Gasteiger charge is 2.33. The molecule has 0 radical (unpaired) electrons. The maximum Gasteiger partial charge on any atom is 0.270 e. The molecule has 0 bridgehead atoms. The molecule has 2 aromatic rings. The Kier molecular flexibility index (Phi) is 4.36. The first-order chi connectivity index (χ1) is 11.8. The van der Waals surface area contributed by atoms with Gasteiger partial charge in [-0.25, -0.2) is 8.42 Å². The molecule has 0 fully saturated rings. The summed E-state index contributed by atoms with van der Waals surface area (Å²) in [5, 5.41) is 21.1. The van der Waals surface area contributed by atoms with Gasteiger partial charge in [-0.2, -0.15) is 0 Å². The molecule has 3 rings (SSSR count). The molecule has 1 aliphatic heterocycles. The molecule has 0 aliphatic carbocycles. The zero-order chi connectivity index (χ0) is 18.2. The Balaban J connectivity index is 2.09. The van der Waals surface area contributed by atoms with E-state index in [9.17, 15) is 23.6 Å². The number of nitro groups is 1. The van der Waals surface area contributed by atoms with Gasteiger partial charge in [-0.15, -0.1) is 0 Å². The first kappa shape index (κ1) is 17.2. The van der Waals surface area contributed by atoms with Crippen molar-refractivity contribution >= 4 is 21.4 Å². The number of nitro benzene ring substituents is 1. The van der Waals surface area contributed by atoms with Crippen LogP contribution >= 0.6 is 0 Å². The van der Waals surface area contributed by atoms with Crippen LogP contribution in [-0.4, -0.2) is 32.1 Å². The minimum atomic E-state index is -4.00. The van der Waals surface area contributed by atoms with Gasteiger partial charge in [0.1, 0.15) is 5.75 Å². The third-order valence-corrected chi connectivity index (χ3v) is 5.89. The molecule has 1 heterocycles. The summed E-state index contributed by atoms with van der Waals surface area (Å²) in [7, 11) is -2.52. The minimum absolute atomic E-state index is 0.0749. The molecule has 1 unspecified atom stereocenters. The lowest BCUT2D eigenvalue weighted by atomic mass is 10.0. The summed E-state index contributed by atoms with van der Waals surface area (Å²) in [4.78, 5) is 10.1. The Labute approximate surface area is 144 Å². The number of sulfonamides is 1. The Morgan fingerprint density at radius 2 is 2.04 bits per heavy atom. The number of anilines is 1. The summed E-state index contributed by atoms with van der Waals surface area (Å²) in [5.74, 6) is 0.507. The topological polar surface area (TPSA) is 110 Å². The number of aliphatic hydroxyl groups is 1. The number of methoxy groups -OCH3 is 1. The highest BCUT2D eigenvalue weighted by atomic mass is 32.2. The fraction of sp³-hybridized carbons (Fsp3) is 0.250. The quantitative estimate of drug-likeness (QED) is 0.658. The van der Waals surface area contributed by atoms with E-state index in [1.807, 2.05) is 0 Å². The molecular formula is C16H16N2O6S. The van der Waals surface area contributed by atoms with Gasteiger partial charge in [-0.1, -0.05) is 6.07 Å². The maximum atomic E-state index is 13.0. The monoisotopic (exact) mass is 364 g/mol. The Morgan fingerprint density at radius 3 is 2.72 bits per heavy atom. The molecule has 1 aliphatic rings. The molecule has 25 heavy (non-hydrogen) atoms. The Bertz CT molecular complexity index is 928.